The molecule has 1 aliphatic heterocycles. The largest absolute Gasteiger partial charge is 0.352 e. The van der Waals surface area contributed by atoms with Gasteiger partial charge < -0.3 is 9.47 Å². The van der Waals surface area contributed by atoms with Gasteiger partial charge in [0, 0.05) is 6.42 Å². The van der Waals surface area contributed by atoms with Crippen LogP contribution in [0.25, 0.3) is 0 Å². The average Bonchev–Trinajstić information content (AvgIpc) is 2.36. The Labute approximate surface area is 48.8 Å². The van der Waals surface area contributed by atoms with Gasteiger partial charge in [-0.1, -0.05) is 0 Å². The van der Waals surface area contributed by atoms with E-state index in [0.29, 0.717) is 6.10 Å². The Morgan fingerprint density at radius 1 is 1.25 bits per heavy atom. The molecule has 1 saturated heterocycles. The molecule has 1 atom stereocenters. The lowest BCUT2D eigenvalue weighted by Gasteiger charge is -2.25. The van der Waals surface area contributed by atoms with E-state index in [9.17, 15) is 0 Å². The fraction of sp³-hybridized carbons (Fsp3) is 1.00. The highest BCUT2D eigenvalue weighted by molar-refractivity contribution is 4.74. The summed E-state index contributed by atoms with van der Waals surface area (Å²) in [5, 5.41) is 0. The van der Waals surface area contributed by atoms with Crippen molar-refractivity contribution in [2.45, 2.75) is 31.7 Å². The van der Waals surface area contributed by atoms with Crippen molar-refractivity contribution >= 4 is 0 Å². The summed E-state index contributed by atoms with van der Waals surface area (Å²) in [4.78, 5) is 0. The Hall–Kier alpha value is -0.0800. The van der Waals surface area contributed by atoms with Crippen LogP contribution in [-0.2, 0) is 9.47 Å². The standard InChI is InChI=1S/C6H10O2/c1-2-5(1)8-6-3-4-7-6/h5-6H,1-4H2. The normalized spacial score (nSPS) is 36.8. The Bertz CT molecular complexity index is 84.5. The first-order chi connectivity index (χ1) is 3.95. The van der Waals surface area contributed by atoms with Gasteiger partial charge in [-0.25, -0.2) is 0 Å². The predicted octanol–water partition coefficient (Wildman–Crippen LogP) is 0.912. The van der Waals surface area contributed by atoms with E-state index < -0.39 is 0 Å². The monoisotopic (exact) mass is 114 g/mol. The summed E-state index contributed by atoms with van der Waals surface area (Å²) >= 11 is 0. The molecule has 1 aliphatic carbocycles. The fourth-order valence-corrected chi connectivity index (χ4v) is 0.740. The zero-order valence-electron chi connectivity index (χ0n) is 4.80. The van der Waals surface area contributed by atoms with E-state index in [1.807, 2.05) is 0 Å². The zero-order chi connectivity index (χ0) is 5.40. The molecule has 0 amide bonds. The van der Waals surface area contributed by atoms with Crippen molar-refractivity contribution in [3.63, 3.8) is 0 Å². The minimum absolute atomic E-state index is 0.169. The fourth-order valence-electron chi connectivity index (χ4n) is 0.740. The Morgan fingerprint density at radius 2 is 2.00 bits per heavy atom. The quantitative estimate of drug-likeness (QED) is 0.531. The molecule has 2 nitrogen and oxygen atoms in total. The average molecular weight is 114 g/mol. The summed E-state index contributed by atoms with van der Waals surface area (Å²) in [5.41, 5.74) is 0. The smallest absolute Gasteiger partial charge is 0.160 e. The first-order valence-electron chi connectivity index (χ1n) is 3.22. The topological polar surface area (TPSA) is 18.5 Å². The Kier molecular flexibility index (Phi) is 1.02. The van der Waals surface area contributed by atoms with Crippen molar-refractivity contribution in [1.82, 2.24) is 0 Å². The molecule has 0 radical (unpaired) electrons. The molecule has 0 aromatic heterocycles. The molecule has 0 N–H and O–H groups in total. The molecular formula is C6H10O2. The van der Waals surface area contributed by atoms with Gasteiger partial charge in [0.1, 0.15) is 0 Å². The van der Waals surface area contributed by atoms with Gasteiger partial charge in [-0.05, 0) is 12.8 Å². The van der Waals surface area contributed by atoms with Gasteiger partial charge in [-0.3, -0.25) is 0 Å². The van der Waals surface area contributed by atoms with Crippen LogP contribution in [0.5, 0.6) is 0 Å². The van der Waals surface area contributed by atoms with Gasteiger partial charge in [-0.2, -0.15) is 0 Å². The van der Waals surface area contributed by atoms with Crippen LogP contribution in [0.3, 0.4) is 0 Å². The van der Waals surface area contributed by atoms with Crippen LogP contribution < -0.4 is 0 Å². The lowest BCUT2D eigenvalue weighted by atomic mass is 10.3. The molecule has 2 aliphatic rings. The van der Waals surface area contributed by atoms with Crippen molar-refractivity contribution in [2.24, 2.45) is 0 Å². The molecule has 1 heterocycles. The summed E-state index contributed by atoms with van der Waals surface area (Å²) in [6.45, 7) is 0.900. The van der Waals surface area contributed by atoms with Crippen molar-refractivity contribution in [1.29, 1.82) is 0 Å². The highest BCUT2D eigenvalue weighted by Crippen LogP contribution is 2.28. The van der Waals surface area contributed by atoms with Crippen molar-refractivity contribution < 1.29 is 9.47 Å². The van der Waals surface area contributed by atoms with E-state index in [-0.39, 0.29) is 6.29 Å². The van der Waals surface area contributed by atoms with E-state index in [4.69, 9.17) is 9.47 Å². The maximum Gasteiger partial charge on any atom is 0.160 e. The van der Waals surface area contributed by atoms with Crippen LogP contribution in [0, 0.1) is 0 Å². The summed E-state index contributed by atoms with van der Waals surface area (Å²) in [6, 6.07) is 0. The van der Waals surface area contributed by atoms with E-state index in [1.54, 1.807) is 0 Å². The Balaban J connectivity index is 1.66. The second-order valence-corrected chi connectivity index (χ2v) is 2.42. The minimum atomic E-state index is 0.169. The van der Waals surface area contributed by atoms with Crippen molar-refractivity contribution in [3.05, 3.63) is 0 Å². The molecule has 8 heavy (non-hydrogen) atoms. The number of hydrogen-bond acceptors (Lipinski definition) is 2. The number of hydrogen-bond donors (Lipinski definition) is 0. The van der Waals surface area contributed by atoms with Crippen LogP contribution in [0.1, 0.15) is 19.3 Å². The SMILES string of the molecule is C1CC(OC2CC2)O1. The molecule has 46 valence electrons. The predicted molar refractivity (Wildman–Crippen MR) is 28.5 cm³/mol. The molecule has 1 unspecified atom stereocenters. The summed E-state index contributed by atoms with van der Waals surface area (Å²) in [7, 11) is 0. The highest BCUT2D eigenvalue weighted by atomic mass is 16.7. The van der Waals surface area contributed by atoms with Crippen molar-refractivity contribution in [2.75, 3.05) is 6.61 Å². The number of ether oxygens (including phenoxy) is 2. The molecular weight excluding hydrogens is 104 g/mol. The van der Waals surface area contributed by atoms with E-state index in [1.165, 1.54) is 12.8 Å². The van der Waals surface area contributed by atoms with E-state index >= 15 is 0 Å². The van der Waals surface area contributed by atoms with Crippen LogP contribution in [0.2, 0.25) is 0 Å². The van der Waals surface area contributed by atoms with Crippen LogP contribution in [-0.4, -0.2) is 19.0 Å². The van der Waals surface area contributed by atoms with Crippen molar-refractivity contribution in [3.8, 4) is 0 Å². The molecule has 0 bridgehead atoms. The zero-order valence-corrected chi connectivity index (χ0v) is 4.80. The third-order valence-electron chi connectivity index (χ3n) is 1.53. The van der Waals surface area contributed by atoms with Gasteiger partial charge >= 0.3 is 0 Å². The molecule has 2 rings (SSSR count). The molecule has 0 aromatic carbocycles. The molecule has 0 aromatic rings. The van der Waals surface area contributed by atoms with Gasteiger partial charge in [0.15, 0.2) is 6.29 Å². The molecule has 2 fully saturated rings. The maximum atomic E-state index is 5.38. The van der Waals surface area contributed by atoms with Crippen LogP contribution in [0.4, 0.5) is 0 Å². The minimum Gasteiger partial charge on any atom is -0.352 e. The Morgan fingerprint density at radius 3 is 2.38 bits per heavy atom. The van der Waals surface area contributed by atoms with Crippen LogP contribution in [0.15, 0.2) is 0 Å². The van der Waals surface area contributed by atoms with Crippen LogP contribution >= 0.6 is 0 Å². The molecule has 2 heteroatoms. The lowest BCUT2D eigenvalue weighted by molar-refractivity contribution is -0.220. The lowest BCUT2D eigenvalue weighted by Crippen LogP contribution is -2.30. The third kappa shape index (κ3) is 0.858. The number of rotatable bonds is 2. The first kappa shape index (κ1) is 4.77. The van der Waals surface area contributed by atoms with E-state index in [2.05, 4.69) is 0 Å². The second-order valence-electron chi connectivity index (χ2n) is 2.42. The van der Waals surface area contributed by atoms with Gasteiger partial charge in [0.05, 0.1) is 12.7 Å². The van der Waals surface area contributed by atoms with Gasteiger partial charge in [0.2, 0.25) is 0 Å². The highest BCUT2D eigenvalue weighted by Gasteiger charge is 2.29. The molecule has 1 saturated carbocycles. The third-order valence-corrected chi connectivity index (χ3v) is 1.53. The first-order valence-corrected chi connectivity index (χ1v) is 3.22. The second kappa shape index (κ2) is 1.71. The maximum absolute atomic E-state index is 5.38. The summed E-state index contributed by atoms with van der Waals surface area (Å²) < 4.78 is 10.4. The molecule has 0 spiro atoms. The van der Waals surface area contributed by atoms with Gasteiger partial charge in [0.25, 0.3) is 0 Å². The van der Waals surface area contributed by atoms with Gasteiger partial charge in [-0.15, -0.1) is 0 Å². The summed E-state index contributed by atoms with van der Waals surface area (Å²) in [5.74, 6) is 0. The van der Waals surface area contributed by atoms with E-state index in [0.717, 1.165) is 13.0 Å². The summed E-state index contributed by atoms with van der Waals surface area (Å²) in [6.07, 6.45) is 4.33.